The molecule has 4 aromatic heterocycles. The van der Waals surface area contributed by atoms with Gasteiger partial charge in [0.2, 0.25) is 0 Å². The van der Waals surface area contributed by atoms with Crippen LogP contribution in [0.3, 0.4) is 0 Å². The van der Waals surface area contributed by atoms with Crippen molar-refractivity contribution in [2.45, 2.75) is 112 Å². The predicted molar refractivity (Wildman–Crippen MR) is 261 cm³/mol. The van der Waals surface area contributed by atoms with Gasteiger partial charge in [-0.2, -0.15) is 0 Å². The van der Waals surface area contributed by atoms with E-state index in [4.69, 9.17) is 70.6 Å². The molecule has 0 spiro atoms. The SMILES string of the molecule is COCC(COC)n1c(CS(=O)(=O)[C@@H](C)[C@@H](OC(C)C)c2ncc(Cl)cn2)nnc1[C@@H]1COCCO1.COCC(COC)n1c(CS(=O)(=O)[C@@H](C)[C@@H](OC(C)C)c2ncc(Cl)cn2)nnc1[C@H]1COCCO1. The Balaban J connectivity index is 0.000000267. The molecule has 0 N–H and O–H groups in total. The molecule has 2 aliphatic rings. The molecule has 2 fully saturated rings. The van der Waals surface area contributed by atoms with Crippen LogP contribution < -0.4 is 0 Å². The molecule has 6 rings (SSSR count). The Morgan fingerprint density at radius 1 is 0.556 bits per heavy atom. The number of nitrogens with zero attached hydrogens (tertiary/aromatic N) is 10. The molecule has 0 amide bonds. The first-order valence-corrected chi connectivity index (χ1v) is 27.4. The topological polar surface area (TPSA) is 274 Å². The van der Waals surface area contributed by atoms with Gasteiger partial charge < -0.3 is 56.5 Å². The summed E-state index contributed by atoms with van der Waals surface area (Å²) in [5, 5.41) is 15.8. The number of ether oxygens (including phenoxy) is 10. The maximum absolute atomic E-state index is 13.7. The van der Waals surface area contributed by atoms with Crippen LogP contribution in [0.15, 0.2) is 24.8 Å². The van der Waals surface area contributed by atoms with Gasteiger partial charge in [0.1, 0.15) is 47.6 Å². The van der Waals surface area contributed by atoms with E-state index >= 15 is 0 Å². The smallest absolute Gasteiger partial charge is 0.165 e. The molecule has 24 nitrogen and oxygen atoms in total. The standard InChI is InChI=1S/2C22H34ClN5O7S/c2*1-14(2)35-20(21-24-8-16(23)9-25-21)15(3)36(29,30)13-19-26-27-22(18-12-33-6-7-34-18)28(19)17(10-31-4)11-32-5/h2*8-9,14-15,17-18,20H,6-7,10-13H2,1-5H3/t15-,18+,20+;15-,18-,20+/m00/s1. The molecule has 0 aliphatic carbocycles. The zero-order chi connectivity index (χ0) is 52.6. The fraction of sp³-hybridized carbons (Fsp3) is 0.727. The van der Waals surface area contributed by atoms with Crippen molar-refractivity contribution in [3.63, 3.8) is 0 Å². The Morgan fingerprint density at radius 3 is 1.17 bits per heavy atom. The molecular formula is C44H68Cl2N10O14S2. The summed E-state index contributed by atoms with van der Waals surface area (Å²) in [4.78, 5) is 16.8. The molecule has 0 saturated carbocycles. The van der Waals surface area contributed by atoms with Crippen molar-refractivity contribution in [2.75, 3.05) is 94.5 Å². The molecule has 6 atom stereocenters. The molecule has 4 aromatic rings. The quantitative estimate of drug-likeness (QED) is 0.0851. The van der Waals surface area contributed by atoms with Gasteiger partial charge in [-0.1, -0.05) is 23.2 Å². The largest absolute Gasteiger partial charge is 0.382 e. The van der Waals surface area contributed by atoms with Crippen LogP contribution in [0.2, 0.25) is 10.0 Å². The molecule has 72 heavy (non-hydrogen) atoms. The Kier molecular flexibility index (Phi) is 23.5. The first kappa shape index (κ1) is 59.4. The number of hydrogen-bond donors (Lipinski definition) is 0. The lowest BCUT2D eigenvalue weighted by atomic mass is 10.2. The summed E-state index contributed by atoms with van der Waals surface area (Å²) in [5.74, 6) is 1.07. The van der Waals surface area contributed by atoms with E-state index in [1.165, 1.54) is 24.8 Å². The minimum Gasteiger partial charge on any atom is -0.382 e. The van der Waals surface area contributed by atoms with Crippen molar-refractivity contribution in [1.29, 1.82) is 0 Å². The van der Waals surface area contributed by atoms with Crippen molar-refractivity contribution in [3.05, 3.63) is 69.8 Å². The van der Waals surface area contributed by atoms with Crippen LogP contribution in [0, 0.1) is 0 Å². The highest BCUT2D eigenvalue weighted by molar-refractivity contribution is 7.91. The Hall–Kier alpha value is -3.48. The molecule has 0 radical (unpaired) electrons. The van der Waals surface area contributed by atoms with Crippen LogP contribution >= 0.6 is 23.2 Å². The van der Waals surface area contributed by atoms with Gasteiger partial charge in [0.25, 0.3) is 0 Å². The van der Waals surface area contributed by atoms with E-state index in [2.05, 4.69) is 40.3 Å². The third kappa shape index (κ3) is 16.3. The number of hydrogen-bond acceptors (Lipinski definition) is 22. The highest BCUT2D eigenvalue weighted by atomic mass is 35.5. The lowest BCUT2D eigenvalue weighted by Gasteiger charge is -2.27. The fourth-order valence-electron chi connectivity index (χ4n) is 7.83. The summed E-state index contributed by atoms with van der Waals surface area (Å²) in [5.41, 5.74) is 0. The molecule has 28 heteroatoms. The van der Waals surface area contributed by atoms with Crippen LogP contribution in [0.4, 0.5) is 0 Å². The zero-order valence-corrected chi connectivity index (χ0v) is 45.5. The minimum atomic E-state index is -3.83. The minimum absolute atomic E-state index is 0.232. The van der Waals surface area contributed by atoms with E-state index in [0.29, 0.717) is 48.1 Å². The summed E-state index contributed by atoms with van der Waals surface area (Å²) >= 11 is 11.8. The normalized spacial score (nSPS) is 18.6. The second-order valence-electron chi connectivity index (χ2n) is 17.4. The molecule has 2 saturated heterocycles. The highest BCUT2D eigenvalue weighted by Crippen LogP contribution is 2.32. The highest BCUT2D eigenvalue weighted by Gasteiger charge is 2.39. The zero-order valence-electron chi connectivity index (χ0n) is 42.3. The van der Waals surface area contributed by atoms with Crippen LogP contribution in [0.5, 0.6) is 0 Å². The Morgan fingerprint density at radius 2 is 0.889 bits per heavy atom. The third-order valence-corrected chi connectivity index (χ3v) is 15.7. The molecule has 6 heterocycles. The average molecular weight is 1100 g/mol. The van der Waals surface area contributed by atoms with Gasteiger partial charge >= 0.3 is 0 Å². The maximum atomic E-state index is 13.7. The summed E-state index contributed by atoms with van der Waals surface area (Å²) in [7, 11) is -1.43. The number of aromatic nitrogens is 10. The first-order valence-electron chi connectivity index (χ1n) is 23.3. The molecule has 2 aliphatic heterocycles. The van der Waals surface area contributed by atoms with E-state index < -0.39 is 66.1 Å². The summed E-state index contributed by atoms with van der Waals surface area (Å²) < 4.78 is 114. The van der Waals surface area contributed by atoms with Crippen molar-refractivity contribution >= 4 is 42.9 Å². The summed E-state index contributed by atoms with van der Waals surface area (Å²) in [6.45, 7) is 13.8. The van der Waals surface area contributed by atoms with Crippen LogP contribution in [-0.4, -0.2) is 184 Å². The second-order valence-corrected chi connectivity index (χ2v) is 23.0. The molecule has 0 bridgehead atoms. The summed E-state index contributed by atoms with van der Waals surface area (Å²) in [6.07, 6.45) is 2.32. The summed E-state index contributed by atoms with van der Waals surface area (Å²) in [6, 6.07) is -0.753. The van der Waals surface area contributed by atoms with E-state index in [1.54, 1.807) is 51.4 Å². The van der Waals surface area contributed by atoms with E-state index in [1.807, 2.05) is 27.7 Å². The van der Waals surface area contributed by atoms with Gasteiger partial charge in [-0.05, 0) is 41.5 Å². The number of halogens is 2. The van der Waals surface area contributed by atoms with Gasteiger partial charge in [-0.15, -0.1) is 20.4 Å². The van der Waals surface area contributed by atoms with E-state index in [9.17, 15) is 16.8 Å². The van der Waals surface area contributed by atoms with Crippen LogP contribution in [0.25, 0.3) is 0 Å². The number of sulfone groups is 2. The molecule has 0 aromatic carbocycles. The van der Waals surface area contributed by atoms with E-state index in [0.717, 1.165) is 0 Å². The Labute approximate surface area is 431 Å². The van der Waals surface area contributed by atoms with Crippen molar-refractivity contribution in [2.24, 2.45) is 0 Å². The lowest BCUT2D eigenvalue weighted by molar-refractivity contribution is -0.0958. The van der Waals surface area contributed by atoms with Crippen LogP contribution in [0.1, 0.15) is 113 Å². The van der Waals surface area contributed by atoms with E-state index in [-0.39, 0.29) is 87.2 Å². The number of methoxy groups -OCH3 is 4. The van der Waals surface area contributed by atoms with Crippen molar-refractivity contribution < 1.29 is 64.2 Å². The third-order valence-electron chi connectivity index (χ3n) is 11.2. The van der Waals surface area contributed by atoms with Crippen molar-refractivity contribution in [1.82, 2.24) is 49.5 Å². The molecule has 0 unspecified atom stereocenters. The van der Waals surface area contributed by atoms with Gasteiger partial charge in [-0.25, -0.2) is 36.8 Å². The Bertz CT molecular complexity index is 2280. The molecular weight excluding hydrogens is 1030 g/mol. The average Bonchev–Trinajstić information content (AvgIpc) is 3.96. The van der Waals surface area contributed by atoms with Gasteiger partial charge in [0.15, 0.2) is 43.0 Å². The van der Waals surface area contributed by atoms with Gasteiger partial charge in [0.05, 0.1) is 111 Å². The molecule has 404 valence electrons. The maximum Gasteiger partial charge on any atom is 0.165 e. The van der Waals surface area contributed by atoms with Gasteiger partial charge in [-0.3, -0.25) is 0 Å². The van der Waals surface area contributed by atoms with Crippen LogP contribution in [-0.2, 0) is 78.5 Å². The van der Waals surface area contributed by atoms with Crippen molar-refractivity contribution in [3.8, 4) is 0 Å². The fourth-order valence-corrected chi connectivity index (χ4v) is 10.8. The number of rotatable bonds is 26. The lowest BCUT2D eigenvalue weighted by Crippen LogP contribution is -2.33. The predicted octanol–water partition coefficient (Wildman–Crippen LogP) is 4.23. The first-order chi connectivity index (χ1) is 34.3. The monoisotopic (exact) mass is 1090 g/mol. The second kappa shape index (κ2) is 28.4. The van der Waals surface area contributed by atoms with Gasteiger partial charge in [0, 0.05) is 53.2 Å².